The summed E-state index contributed by atoms with van der Waals surface area (Å²) in [6, 6.07) is 19.1. The number of nitrogens with one attached hydrogen (secondary N) is 1. The van der Waals surface area contributed by atoms with Crippen LogP contribution in [-0.4, -0.2) is 24.5 Å². The highest BCUT2D eigenvalue weighted by Crippen LogP contribution is 2.26. The normalized spacial score (nSPS) is 11.2. The monoisotopic (exact) mass is 498 g/mol. The van der Waals surface area contributed by atoms with E-state index in [9.17, 15) is 18.3 Å². The number of aromatic carboxylic acids is 1. The largest absolute Gasteiger partial charge is 0.487 e. The number of sulfonamides is 1. The van der Waals surface area contributed by atoms with E-state index in [1.807, 2.05) is 30.3 Å². The molecule has 0 spiro atoms. The minimum atomic E-state index is -4.04. The lowest BCUT2D eigenvalue weighted by molar-refractivity contribution is 0.0698. The first-order chi connectivity index (χ1) is 16.2. The lowest BCUT2D eigenvalue weighted by Gasteiger charge is -2.11. The average Bonchev–Trinajstić information content (AvgIpc) is 3.20. The number of aromatic nitrogens is 1. The molecule has 3 aromatic carbocycles. The number of ether oxygens (including phenoxy) is 1. The van der Waals surface area contributed by atoms with Gasteiger partial charge in [-0.15, -0.1) is 0 Å². The van der Waals surface area contributed by atoms with E-state index in [2.05, 4.69) is 9.71 Å². The molecule has 0 radical (unpaired) electrons. The summed E-state index contributed by atoms with van der Waals surface area (Å²) in [5, 5.41) is 9.49. The Balaban J connectivity index is 1.46. The maximum atomic E-state index is 12.7. The maximum Gasteiger partial charge on any atom is 0.337 e. The van der Waals surface area contributed by atoms with E-state index in [-0.39, 0.29) is 27.8 Å². The molecule has 0 unspecified atom stereocenters. The first-order valence-corrected chi connectivity index (χ1v) is 11.9. The number of hydrogen-bond donors (Lipinski definition) is 2. The Morgan fingerprint density at radius 1 is 1.09 bits per heavy atom. The number of carbonyl (C=O) groups is 1. The van der Waals surface area contributed by atoms with E-state index in [1.165, 1.54) is 42.5 Å². The van der Waals surface area contributed by atoms with Crippen LogP contribution in [-0.2, 0) is 16.6 Å². The number of aryl methyl sites for hydroxylation is 1. The molecule has 2 N–H and O–H groups in total. The molecule has 0 aliphatic carbocycles. The number of carboxylic acid groups (broad SMARTS) is 1. The first kappa shape index (κ1) is 23.3. The van der Waals surface area contributed by atoms with Crippen LogP contribution < -0.4 is 9.46 Å². The van der Waals surface area contributed by atoms with E-state index < -0.39 is 16.0 Å². The van der Waals surface area contributed by atoms with E-state index in [1.54, 1.807) is 6.92 Å². The van der Waals surface area contributed by atoms with Gasteiger partial charge in [0.1, 0.15) is 23.8 Å². The molecule has 8 nitrogen and oxygen atoms in total. The van der Waals surface area contributed by atoms with E-state index >= 15 is 0 Å². The molecule has 0 aliphatic rings. The lowest BCUT2D eigenvalue weighted by Crippen LogP contribution is -2.15. The molecular formula is C24H19ClN2O6S. The molecule has 1 aromatic heterocycles. The standard InChI is InChI=1S/C24H19ClN2O6S/c1-15-22(26-23(33-15)16-5-3-2-4-6-16)14-32-18-8-10-19(11-9-18)34(30,31)27-21-12-7-17(25)13-20(21)24(28)29/h2-13,27H,14H2,1H3,(H,28,29). The van der Waals surface area contributed by atoms with Crippen molar-refractivity contribution in [2.45, 2.75) is 18.4 Å². The molecule has 10 heteroatoms. The van der Waals surface area contributed by atoms with Crippen LogP contribution in [0.15, 0.2) is 82.1 Å². The van der Waals surface area contributed by atoms with Crippen molar-refractivity contribution in [1.29, 1.82) is 0 Å². The topological polar surface area (TPSA) is 119 Å². The van der Waals surface area contributed by atoms with Crippen LogP contribution in [0.2, 0.25) is 5.02 Å². The van der Waals surface area contributed by atoms with Crippen molar-refractivity contribution >= 4 is 33.3 Å². The summed E-state index contributed by atoms with van der Waals surface area (Å²) in [6.07, 6.45) is 0. The summed E-state index contributed by atoms with van der Waals surface area (Å²) in [5.41, 5.74) is 1.13. The molecule has 0 amide bonds. The minimum absolute atomic E-state index is 0.0601. The predicted molar refractivity (Wildman–Crippen MR) is 127 cm³/mol. The molecule has 0 aliphatic heterocycles. The maximum absolute atomic E-state index is 12.7. The van der Waals surface area contributed by atoms with Crippen LogP contribution in [0.25, 0.3) is 11.5 Å². The molecule has 4 rings (SSSR count). The second-order valence-corrected chi connectivity index (χ2v) is 9.37. The Morgan fingerprint density at radius 3 is 2.47 bits per heavy atom. The van der Waals surface area contributed by atoms with Crippen molar-refractivity contribution in [3.63, 3.8) is 0 Å². The summed E-state index contributed by atoms with van der Waals surface area (Å²) < 4.78 is 39.2. The second kappa shape index (κ2) is 9.58. The SMILES string of the molecule is Cc1oc(-c2ccccc2)nc1COc1ccc(S(=O)(=O)Nc2ccc(Cl)cc2C(=O)O)cc1. The van der Waals surface area contributed by atoms with Crippen LogP contribution >= 0.6 is 11.6 Å². The zero-order valence-corrected chi connectivity index (χ0v) is 19.4. The van der Waals surface area contributed by atoms with Crippen LogP contribution in [0, 0.1) is 6.92 Å². The number of hydrogen-bond acceptors (Lipinski definition) is 6. The van der Waals surface area contributed by atoms with Gasteiger partial charge in [0.15, 0.2) is 0 Å². The first-order valence-electron chi connectivity index (χ1n) is 10.0. The third kappa shape index (κ3) is 5.22. The number of rotatable bonds is 8. The van der Waals surface area contributed by atoms with Gasteiger partial charge in [0.05, 0.1) is 16.1 Å². The Kier molecular flexibility index (Phi) is 6.58. The van der Waals surface area contributed by atoms with E-state index in [4.69, 9.17) is 20.8 Å². The van der Waals surface area contributed by atoms with Gasteiger partial charge in [-0.05, 0) is 61.5 Å². The fourth-order valence-electron chi connectivity index (χ4n) is 3.12. The van der Waals surface area contributed by atoms with Gasteiger partial charge in [-0.25, -0.2) is 18.2 Å². The third-order valence-corrected chi connectivity index (χ3v) is 6.50. The molecule has 0 fully saturated rings. The van der Waals surface area contributed by atoms with Crippen molar-refractivity contribution in [2.75, 3.05) is 4.72 Å². The van der Waals surface area contributed by atoms with Crippen LogP contribution in [0.3, 0.4) is 0 Å². The third-order valence-electron chi connectivity index (χ3n) is 4.88. The molecule has 0 atom stereocenters. The minimum Gasteiger partial charge on any atom is -0.487 e. The van der Waals surface area contributed by atoms with Crippen LogP contribution in [0.1, 0.15) is 21.8 Å². The van der Waals surface area contributed by atoms with Gasteiger partial charge in [0.25, 0.3) is 10.0 Å². The summed E-state index contributed by atoms with van der Waals surface area (Å²) >= 11 is 5.82. The molecule has 0 bridgehead atoms. The lowest BCUT2D eigenvalue weighted by atomic mass is 10.2. The van der Waals surface area contributed by atoms with Gasteiger partial charge in [-0.2, -0.15) is 0 Å². The van der Waals surface area contributed by atoms with Crippen molar-refractivity contribution in [3.8, 4) is 17.2 Å². The highest BCUT2D eigenvalue weighted by Gasteiger charge is 2.19. The molecule has 1 heterocycles. The van der Waals surface area contributed by atoms with Gasteiger partial charge < -0.3 is 14.3 Å². The quantitative estimate of drug-likeness (QED) is 0.334. The number of anilines is 1. The van der Waals surface area contributed by atoms with Crippen LogP contribution in [0.4, 0.5) is 5.69 Å². The number of halogens is 1. The summed E-state index contributed by atoms with van der Waals surface area (Å²) in [6.45, 7) is 1.93. The van der Waals surface area contributed by atoms with Gasteiger partial charge in [-0.1, -0.05) is 29.8 Å². The van der Waals surface area contributed by atoms with Crippen molar-refractivity contribution in [3.05, 3.63) is 94.8 Å². The van der Waals surface area contributed by atoms with Crippen molar-refractivity contribution < 1.29 is 27.5 Å². The highest BCUT2D eigenvalue weighted by atomic mass is 35.5. The number of carboxylic acids is 1. The fourth-order valence-corrected chi connectivity index (χ4v) is 4.37. The van der Waals surface area contributed by atoms with Gasteiger partial charge in [0.2, 0.25) is 5.89 Å². The predicted octanol–water partition coefficient (Wildman–Crippen LogP) is 5.38. The Bertz CT molecular complexity index is 1430. The van der Waals surface area contributed by atoms with E-state index in [0.717, 1.165) is 5.56 Å². The van der Waals surface area contributed by atoms with Crippen LogP contribution in [0.5, 0.6) is 5.75 Å². The highest BCUT2D eigenvalue weighted by molar-refractivity contribution is 7.92. The second-order valence-electron chi connectivity index (χ2n) is 7.25. The smallest absolute Gasteiger partial charge is 0.337 e. The molecule has 0 saturated heterocycles. The molecule has 174 valence electrons. The van der Waals surface area contributed by atoms with E-state index in [0.29, 0.717) is 23.1 Å². The Hall–Kier alpha value is -3.82. The Morgan fingerprint density at radius 2 is 1.79 bits per heavy atom. The molecule has 4 aromatic rings. The van der Waals surface area contributed by atoms with Crippen molar-refractivity contribution in [2.24, 2.45) is 0 Å². The molecular weight excluding hydrogens is 480 g/mol. The fraction of sp³-hybridized carbons (Fsp3) is 0.0833. The number of nitrogens with zero attached hydrogens (tertiary/aromatic N) is 1. The number of benzene rings is 3. The van der Waals surface area contributed by atoms with Crippen molar-refractivity contribution in [1.82, 2.24) is 4.98 Å². The summed E-state index contributed by atoms with van der Waals surface area (Å²) in [5.74, 6) is 0.245. The summed E-state index contributed by atoms with van der Waals surface area (Å²) in [7, 11) is -4.04. The zero-order valence-electron chi connectivity index (χ0n) is 17.9. The molecule has 0 saturated carbocycles. The average molecular weight is 499 g/mol. The van der Waals surface area contributed by atoms with Gasteiger partial charge in [-0.3, -0.25) is 4.72 Å². The zero-order chi connectivity index (χ0) is 24.3. The van der Waals surface area contributed by atoms with Gasteiger partial charge in [0, 0.05) is 10.6 Å². The van der Waals surface area contributed by atoms with Gasteiger partial charge >= 0.3 is 5.97 Å². The number of oxazole rings is 1. The Labute approximate surface area is 200 Å². The molecule has 34 heavy (non-hydrogen) atoms. The summed E-state index contributed by atoms with van der Waals surface area (Å²) in [4.78, 5) is 15.8.